The maximum atomic E-state index is 10.8. The van der Waals surface area contributed by atoms with Gasteiger partial charge < -0.3 is 0 Å². The van der Waals surface area contributed by atoms with Gasteiger partial charge >= 0.3 is 0 Å². The molecule has 1 heterocycles. The number of nitrogens with zero attached hydrogens (tertiary/aromatic N) is 1. The van der Waals surface area contributed by atoms with Gasteiger partial charge in [0.15, 0.2) is 0 Å². The van der Waals surface area contributed by atoms with Gasteiger partial charge in [-0.2, -0.15) is 5.10 Å². The molecule has 3 heteroatoms. The number of hydrogen-bond acceptors (Lipinski definition) is 2. The maximum absolute atomic E-state index is 10.8. The van der Waals surface area contributed by atoms with Crippen LogP contribution in [0.3, 0.4) is 0 Å². The highest BCUT2D eigenvalue weighted by Gasteiger charge is 2.16. The van der Waals surface area contributed by atoms with Crippen LogP contribution in [0.15, 0.2) is 16.9 Å². The van der Waals surface area contributed by atoms with Crippen LogP contribution >= 0.6 is 0 Å². The number of aromatic amines is 1. The van der Waals surface area contributed by atoms with Crippen molar-refractivity contribution in [1.82, 2.24) is 10.2 Å². The summed E-state index contributed by atoms with van der Waals surface area (Å²) >= 11 is 0. The quantitative estimate of drug-likeness (QED) is 0.713. The van der Waals surface area contributed by atoms with E-state index >= 15 is 0 Å². The molecule has 0 radical (unpaired) electrons. The number of aromatic nitrogens is 2. The third-order valence-corrected chi connectivity index (χ3v) is 2.72. The van der Waals surface area contributed by atoms with Crippen molar-refractivity contribution in [3.63, 3.8) is 0 Å². The molecule has 1 aromatic rings. The first-order valence-electron chi connectivity index (χ1n) is 4.92. The van der Waals surface area contributed by atoms with Crippen molar-refractivity contribution < 1.29 is 0 Å². The van der Waals surface area contributed by atoms with E-state index in [4.69, 9.17) is 0 Å². The summed E-state index contributed by atoms with van der Waals surface area (Å²) in [6.45, 7) is 0. The monoisotopic (exact) mass is 178 g/mol. The van der Waals surface area contributed by atoms with Gasteiger partial charge in [0.1, 0.15) is 0 Å². The highest BCUT2D eigenvalue weighted by atomic mass is 16.1. The molecule has 0 aromatic carbocycles. The Morgan fingerprint density at radius 3 is 2.62 bits per heavy atom. The average Bonchev–Trinajstić information content (AvgIpc) is 2.20. The van der Waals surface area contributed by atoms with E-state index in [9.17, 15) is 4.79 Å². The Labute approximate surface area is 77.2 Å². The van der Waals surface area contributed by atoms with Crippen LogP contribution in [0.5, 0.6) is 0 Å². The largest absolute Gasteiger partial charge is 0.268 e. The van der Waals surface area contributed by atoms with E-state index in [-0.39, 0.29) is 5.56 Å². The molecule has 0 amide bonds. The zero-order chi connectivity index (χ0) is 9.10. The molecule has 1 aliphatic rings. The predicted molar refractivity (Wildman–Crippen MR) is 50.7 cm³/mol. The van der Waals surface area contributed by atoms with Gasteiger partial charge in [0.2, 0.25) is 0 Å². The van der Waals surface area contributed by atoms with Gasteiger partial charge in [-0.1, -0.05) is 19.3 Å². The second-order valence-corrected chi connectivity index (χ2v) is 3.68. The Hall–Kier alpha value is -1.12. The van der Waals surface area contributed by atoms with Gasteiger partial charge in [0.05, 0.1) is 5.69 Å². The van der Waals surface area contributed by atoms with Gasteiger partial charge in [-0.05, 0) is 18.9 Å². The summed E-state index contributed by atoms with van der Waals surface area (Å²) in [5.41, 5.74) is 0.943. The Balaban J connectivity index is 2.14. The van der Waals surface area contributed by atoms with Crippen molar-refractivity contribution in [1.29, 1.82) is 0 Å². The minimum absolute atomic E-state index is 0.112. The lowest BCUT2D eigenvalue weighted by molar-refractivity contribution is 0.433. The van der Waals surface area contributed by atoms with Crippen molar-refractivity contribution in [2.24, 2.45) is 0 Å². The zero-order valence-electron chi connectivity index (χ0n) is 7.62. The van der Waals surface area contributed by atoms with E-state index in [1.54, 1.807) is 6.07 Å². The SMILES string of the molecule is O=c1ccc(C2CCCCC2)n[nH]1. The third kappa shape index (κ3) is 1.97. The Morgan fingerprint density at radius 2 is 2.00 bits per heavy atom. The fourth-order valence-corrected chi connectivity index (χ4v) is 1.98. The van der Waals surface area contributed by atoms with Crippen LogP contribution in [0.1, 0.15) is 43.7 Å². The van der Waals surface area contributed by atoms with E-state index in [1.807, 2.05) is 6.07 Å². The second-order valence-electron chi connectivity index (χ2n) is 3.68. The highest BCUT2D eigenvalue weighted by molar-refractivity contribution is 5.06. The standard InChI is InChI=1S/C10H14N2O/c13-10-7-6-9(11-12-10)8-4-2-1-3-5-8/h6-8H,1-5H2,(H,12,13). The molecule has 70 valence electrons. The lowest BCUT2D eigenvalue weighted by atomic mass is 9.87. The van der Waals surface area contributed by atoms with Crippen LogP contribution in [-0.2, 0) is 0 Å². The Bertz CT molecular complexity index is 305. The van der Waals surface area contributed by atoms with E-state index < -0.39 is 0 Å². The minimum atomic E-state index is -0.112. The molecule has 3 nitrogen and oxygen atoms in total. The van der Waals surface area contributed by atoms with Crippen molar-refractivity contribution in [3.05, 3.63) is 28.2 Å². The number of rotatable bonds is 1. The molecule has 1 aromatic heterocycles. The number of H-pyrrole nitrogens is 1. The van der Waals surface area contributed by atoms with Gasteiger partial charge in [-0.15, -0.1) is 0 Å². The van der Waals surface area contributed by atoms with Crippen LogP contribution in [-0.4, -0.2) is 10.2 Å². The van der Waals surface area contributed by atoms with Crippen LogP contribution in [0.25, 0.3) is 0 Å². The van der Waals surface area contributed by atoms with E-state index in [0.717, 1.165) is 5.69 Å². The lowest BCUT2D eigenvalue weighted by Crippen LogP contribution is -2.12. The molecular formula is C10H14N2O. The summed E-state index contributed by atoms with van der Waals surface area (Å²) < 4.78 is 0. The molecule has 0 unspecified atom stereocenters. The first kappa shape index (κ1) is 8.48. The van der Waals surface area contributed by atoms with Crippen molar-refractivity contribution >= 4 is 0 Å². The summed E-state index contributed by atoms with van der Waals surface area (Å²) in [6, 6.07) is 3.42. The minimum Gasteiger partial charge on any atom is -0.268 e. The van der Waals surface area contributed by atoms with Crippen LogP contribution < -0.4 is 5.56 Å². The van der Waals surface area contributed by atoms with Crippen molar-refractivity contribution in [2.75, 3.05) is 0 Å². The Kier molecular flexibility index (Phi) is 2.43. The lowest BCUT2D eigenvalue weighted by Gasteiger charge is -2.20. The van der Waals surface area contributed by atoms with E-state index in [0.29, 0.717) is 5.92 Å². The fraction of sp³-hybridized carbons (Fsp3) is 0.600. The molecule has 2 rings (SSSR count). The van der Waals surface area contributed by atoms with Crippen LogP contribution in [0.2, 0.25) is 0 Å². The average molecular weight is 178 g/mol. The van der Waals surface area contributed by atoms with Gasteiger partial charge in [-0.3, -0.25) is 4.79 Å². The van der Waals surface area contributed by atoms with Gasteiger partial charge in [0.25, 0.3) is 5.56 Å². The molecule has 0 spiro atoms. The molecule has 1 saturated carbocycles. The topological polar surface area (TPSA) is 45.8 Å². The van der Waals surface area contributed by atoms with E-state index in [1.165, 1.54) is 32.1 Å². The molecule has 1 fully saturated rings. The molecule has 13 heavy (non-hydrogen) atoms. The molecule has 1 N–H and O–H groups in total. The molecular weight excluding hydrogens is 164 g/mol. The van der Waals surface area contributed by atoms with Crippen LogP contribution in [0.4, 0.5) is 0 Å². The smallest absolute Gasteiger partial charge is 0.264 e. The predicted octanol–water partition coefficient (Wildman–Crippen LogP) is 1.82. The molecule has 0 atom stereocenters. The van der Waals surface area contributed by atoms with Crippen molar-refractivity contribution in [3.8, 4) is 0 Å². The third-order valence-electron chi connectivity index (χ3n) is 2.72. The zero-order valence-corrected chi connectivity index (χ0v) is 7.62. The summed E-state index contributed by atoms with van der Waals surface area (Å²) in [7, 11) is 0. The van der Waals surface area contributed by atoms with Crippen molar-refractivity contribution in [2.45, 2.75) is 38.0 Å². The van der Waals surface area contributed by atoms with Gasteiger partial charge in [-0.25, -0.2) is 5.10 Å². The maximum Gasteiger partial charge on any atom is 0.264 e. The summed E-state index contributed by atoms with van der Waals surface area (Å²) in [5.74, 6) is 0.575. The molecule has 0 aliphatic heterocycles. The first-order valence-corrected chi connectivity index (χ1v) is 4.92. The number of nitrogens with one attached hydrogen (secondary N) is 1. The van der Waals surface area contributed by atoms with E-state index in [2.05, 4.69) is 10.2 Å². The van der Waals surface area contributed by atoms with Gasteiger partial charge in [0, 0.05) is 12.0 Å². The van der Waals surface area contributed by atoms with Crippen LogP contribution in [0, 0.1) is 0 Å². The molecule has 0 saturated heterocycles. The summed E-state index contributed by atoms with van der Waals surface area (Å²) in [6.07, 6.45) is 6.38. The number of hydrogen-bond donors (Lipinski definition) is 1. The summed E-state index contributed by atoms with van der Waals surface area (Å²) in [5, 5.41) is 6.56. The highest BCUT2D eigenvalue weighted by Crippen LogP contribution is 2.30. The normalized spacial score (nSPS) is 18.8. The Morgan fingerprint density at radius 1 is 1.23 bits per heavy atom. The molecule has 0 bridgehead atoms. The first-order chi connectivity index (χ1) is 6.36. The summed E-state index contributed by atoms with van der Waals surface area (Å²) in [4.78, 5) is 10.8. The second kappa shape index (κ2) is 3.73. The fourth-order valence-electron chi connectivity index (χ4n) is 1.98. The molecule has 1 aliphatic carbocycles.